The fraction of sp³-hybridized carbons (Fsp3) is 1.00. The second kappa shape index (κ2) is 5.15. The zero-order valence-electron chi connectivity index (χ0n) is 12.3. The maximum atomic E-state index is 3.99. The van der Waals surface area contributed by atoms with Crippen LogP contribution in [0.4, 0.5) is 0 Å². The van der Waals surface area contributed by atoms with Crippen LogP contribution in [0.25, 0.3) is 0 Å². The second-order valence-electron chi connectivity index (χ2n) is 7.40. The average Bonchev–Trinajstić information content (AvgIpc) is 2.87. The Bertz CT molecular complexity index is 287. The molecule has 2 bridgehead atoms. The van der Waals surface area contributed by atoms with E-state index in [-0.39, 0.29) is 0 Å². The molecule has 3 aliphatic carbocycles. The second-order valence-corrected chi connectivity index (χ2v) is 7.40. The van der Waals surface area contributed by atoms with E-state index in [4.69, 9.17) is 0 Å². The SMILES string of the molecule is CCCCCCCCNC12CC3CCCC1(C3)C2. The third-order valence-electron chi connectivity index (χ3n) is 6.11. The largest absolute Gasteiger partial charge is 0.311 e. The Morgan fingerprint density at radius 1 is 1.06 bits per heavy atom. The molecule has 1 spiro atoms. The van der Waals surface area contributed by atoms with Crippen molar-refractivity contribution in [3.63, 3.8) is 0 Å². The van der Waals surface area contributed by atoms with Crippen molar-refractivity contribution < 1.29 is 0 Å². The van der Waals surface area contributed by atoms with Gasteiger partial charge in [0.15, 0.2) is 0 Å². The lowest BCUT2D eigenvalue weighted by atomic mass is 9.83. The summed E-state index contributed by atoms with van der Waals surface area (Å²) in [6.45, 7) is 3.59. The average molecular weight is 249 g/mol. The van der Waals surface area contributed by atoms with Crippen molar-refractivity contribution in [2.24, 2.45) is 11.3 Å². The fourth-order valence-electron chi connectivity index (χ4n) is 5.13. The van der Waals surface area contributed by atoms with Crippen LogP contribution in [0.3, 0.4) is 0 Å². The van der Waals surface area contributed by atoms with Gasteiger partial charge in [-0.15, -0.1) is 0 Å². The lowest BCUT2D eigenvalue weighted by Crippen LogP contribution is -2.34. The summed E-state index contributed by atoms with van der Waals surface area (Å²) >= 11 is 0. The van der Waals surface area contributed by atoms with Crippen LogP contribution >= 0.6 is 0 Å². The third-order valence-corrected chi connectivity index (χ3v) is 6.11. The predicted octanol–water partition coefficient (Wildman–Crippen LogP) is 4.66. The van der Waals surface area contributed by atoms with E-state index in [9.17, 15) is 0 Å². The van der Waals surface area contributed by atoms with Gasteiger partial charge in [-0.2, -0.15) is 0 Å². The zero-order chi connectivity index (χ0) is 12.5. The van der Waals surface area contributed by atoms with Gasteiger partial charge < -0.3 is 5.32 Å². The Morgan fingerprint density at radius 3 is 2.72 bits per heavy atom. The van der Waals surface area contributed by atoms with E-state index in [0.717, 1.165) is 11.3 Å². The summed E-state index contributed by atoms with van der Waals surface area (Å²) < 4.78 is 0. The Morgan fingerprint density at radius 2 is 1.89 bits per heavy atom. The summed E-state index contributed by atoms with van der Waals surface area (Å²) in [6.07, 6.45) is 17.7. The molecule has 0 amide bonds. The Kier molecular flexibility index (Phi) is 3.71. The van der Waals surface area contributed by atoms with Crippen LogP contribution in [-0.4, -0.2) is 12.1 Å². The first kappa shape index (κ1) is 13.0. The molecule has 3 atom stereocenters. The van der Waals surface area contributed by atoms with Gasteiger partial charge in [0.25, 0.3) is 0 Å². The minimum absolute atomic E-state index is 0.636. The van der Waals surface area contributed by atoms with Crippen molar-refractivity contribution in [1.82, 2.24) is 5.32 Å². The standard InChI is InChI=1S/C17H31N/c1-2-3-4-5-6-7-11-18-17-13-15-9-8-10-16(17,12-15)14-17/h15,18H,2-14H2,1H3. The maximum absolute atomic E-state index is 3.99. The highest BCUT2D eigenvalue weighted by Gasteiger charge is 2.71. The van der Waals surface area contributed by atoms with E-state index in [1.165, 1.54) is 77.2 Å². The van der Waals surface area contributed by atoms with Crippen LogP contribution in [0.1, 0.15) is 84.0 Å². The lowest BCUT2D eigenvalue weighted by Gasteiger charge is -2.22. The van der Waals surface area contributed by atoms with Crippen molar-refractivity contribution in [3.05, 3.63) is 0 Å². The summed E-state index contributed by atoms with van der Waals surface area (Å²) in [6, 6.07) is 0. The van der Waals surface area contributed by atoms with Crippen molar-refractivity contribution in [3.8, 4) is 0 Å². The first-order chi connectivity index (χ1) is 8.80. The van der Waals surface area contributed by atoms with E-state index < -0.39 is 0 Å². The number of hydrogen-bond acceptors (Lipinski definition) is 1. The van der Waals surface area contributed by atoms with Gasteiger partial charge in [-0.25, -0.2) is 0 Å². The highest BCUT2D eigenvalue weighted by atomic mass is 15.1. The summed E-state index contributed by atoms with van der Waals surface area (Å²) in [5.74, 6) is 1.09. The van der Waals surface area contributed by atoms with Crippen LogP contribution in [-0.2, 0) is 0 Å². The van der Waals surface area contributed by atoms with Gasteiger partial charge in [0, 0.05) is 5.54 Å². The molecular formula is C17H31N. The molecule has 3 aliphatic rings. The molecule has 3 rings (SSSR count). The normalized spacial score (nSPS) is 40.8. The van der Waals surface area contributed by atoms with Gasteiger partial charge in [-0.05, 0) is 50.0 Å². The molecule has 0 aromatic rings. The molecule has 0 aromatic carbocycles. The van der Waals surface area contributed by atoms with Gasteiger partial charge in [0.05, 0.1) is 0 Å². The summed E-state index contributed by atoms with van der Waals surface area (Å²) in [7, 11) is 0. The van der Waals surface area contributed by atoms with Crippen molar-refractivity contribution >= 4 is 0 Å². The van der Waals surface area contributed by atoms with Crippen LogP contribution in [0.2, 0.25) is 0 Å². The number of nitrogens with one attached hydrogen (secondary N) is 1. The lowest BCUT2D eigenvalue weighted by molar-refractivity contribution is 0.296. The molecule has 0 aliphatic heterocycles. The number of fused-ring (bicyclic) bond motifs is 1. The molecule has 0 aromatic heterocycles. The molecule has 3 fully saturated rings. The summed E-state index contributed by atoms with van der Waals surface area (Å²) in [5, 5.41) is 3.99. The predicted molar refractivity (Wildman–Crippen MR) is 77.7 cm³/mol. The number of unbranched alkanes of at least 4 members (excludes halogenated alkanes) is 5. The summed E-state index contributed by atoms with van der Waals surface area (Å²) in [4.78, 5) is 0. The first-order valence-electron chi connectivity index (χ1n) is 8.55. The molecule has 1 N–H and O–H groups in total. The van der Waals surface area contributed by atoms with Crippen molar-refractivity contribution in [2.75, 3.05) is 6.54 Å². The van der Waals surface area contributed by atoms with Gasteiger partial charge in [0.2, 0.25) is 0 Å². The van der Waals surface area contributed by atoms with Crippen molar-refractivity contribution in [1.29, 1.82) is 0 Å². The quantitative estimate of drug-likeness (QED) is 0.617. The highest BCUT2D eigenvalue weighted by molar-refractivity contribution is 5.27. The molecule has 0 radical (unpaired) electrons. The van der Waals surface area contributed by atoms with Crippen LogP contribution < -0.4 is 5.32 Å². The molecule has 1 nitrogen and oxygen atoms in total. The van der Waals surface area contributed by atoms with E-state index in [1.54, 1.807) is 6.42 Å². The van der Waals surface area contributed by atoms with Crippen LogP contribution in [0.15, 0.2) is 0 Å². The smallest absolute Gasteiger partial charge is 0.0247 e. The molecule has 104 valence electrons. The van der Waals surface area contributed by atoms with Crippen molar-refractivity contribution in [2.45, 2.75) is 89.5 Å². The topological polar surface area (TPSA) is 12.0 Å². The van der Waals surface area contributed by atoms with Gasteiger partial charge in [0.1, 0.15) is 0 Å². The molecule has 0 heterocycles. The Labute approximate surface area is 113 Å². The van der Waals surface area contributed by atoms with Gasteiger partial charge in [-0.3, -0.25) is 0 Å². The van der Waals surface area contributed by atoms with Gasteiger partial charge in [-0.1, -0.05) is 51.9 Å². The minimum Gasteiger partial charge on any atom is -0.311 e. The molecule has 1 heteroatoms. The van der Waals surface area contributed by atoms with Crippen LogP contribution in [0, 0.1) is 11.3 Å². The monoisotopic (exact) mass is 249 g/mol. The zero-order valence-corrected chi connectivity index (χ0v) is 12.3. The third kappa shape index (κ3) is 2.24. The highest BCUT2D eigenvalue weighted by Crippen LogP contribution is 2.73. The molecular weight excluding hydrogens is 218 g/mol. The minimum atomic E-state index is 0.636. The molecule has 3 unspecified atom stereocenters. The molecule has 0 saturated heterocycles. The number of hydrogen-bond donors (Lipinski definition) is 1. The van der Waals surface area contributed by atoms with Gasteiger partial charge >= 0.3 is 0 Å². The van der Waals surface area contributed by atoms with E-state index in [0.29, 0.717) is 5.54 Å². The van der Waals surface area contributed by atoms with E-state index in [2.05, 4.69) is 12.2 Å². The maximum Gasteiger partial charge on any atom is 0.0247 e. The number of rotatable bonds is 8. The first-order valence-corrected chi connectivity index (χ1v) is 8.55. The van der Waals surface area contributed by atoms with Crippen LogP contribution in [0.5, 0.6) is 0 Å². The molecule has 3 saturated carbocycles. The molecule has 18 heavy (non-hydrogen) atoms. The summed E-state index contributed by atoms with van der Waals surface area (Å²) in [5.41, 5.74) is 1.43. The Hall–Kier alpha value is -0.0400. The fourth-order valence-corrected chi connectivity index (χ4v) is 5.13. The van der Waals surface area contributed by atoms with E-state index >= 15 is 0 Å². The van der Waals surface area contributed by atoms with E-state index in [1.807, 2.05) is 0 Å². The Balaban J connectivity index is 1.33.